The number of hydrogen-bond acceptors (Lipinski definition) is 3. The van der Waals surface area contributed by atoms with Gasteiger partial charge in [0.25, 0.3) is 0 Å². The molecule has 30 heavy (non-hydrogen) atoms. The highest BCUT2D eigenvalue weighted by molar-refractivity contribution is 5.80. The molecule has 0 saturated carbocycles. The summed E-state index contributed by atoms with van der Waals surface area (Å²) in [6.07, 6.45) is 3.20. The first-order chi connectivity index (χ1) is 14.6. The third-order valence-electron chi connectivity index (χ3n) is 5.61. The largest absolute Gasteiger partial charge is 0.355 e. The monoisotopic (exact) mass is 407 g/mol. The smallest absolute Gasteiger partial charge is 0.224 e. The number of amides is 2. The molecule has 5 heteroatoms. The second kappa shape index (κ2) is 11.5. The van der Waals surface area contributed by atoms with Crippen molar-refractivity contribution in [3.8, 4) is 0 Å². The maximum Gasteiger partial charge on any atom is 0.224 e. The molecule has 1 aliphatic rings. The normalized spacial score (nSPS) is 16.8. The molecular weight excluding hydrogens is 374 g/mol. The molecule has 160 valence electrons. The van der Waals surface area contributed by atoms with Crippen LogP contribution in [0.4, 0.5) is 0 Å². The van der Waals surface area contributed by atoms with Crippen LogP contribution in [0.1, 0.15) is 42.9 Å². The average molecular weight is 408 g/mol. The summed E-state index contributed by atoms with van der Waals surface area (Å²) in [5, 5.41) is 5.82. The van der Waals surface area contributed by atoms with Crippen molar-refractivity contribution >= 4 is 11.8 Å². The van der Waals surface area contributed by atoms with Gasteiger partial charge in [0.1, 0.15) is 0 Å². The maximum absolute atomic E-state index is 12.2. The number of benzene rings is 2. The van der Waals surface area contributed by atoms with Gasteiger partial charge in [0.2, 0.25) is 11.8 Å². The van der Waals surface area contributed by atoms with E-state index in [0.717, 1.165) is 36.7 Å². The van der Waals surface area contributed by atoms with Crippen molar-refractivity contribution in [2.75, 3.05) is 19.6 Å². The second-order valence-corrected chi connectivity index (χ2v) is 8.29. The summed E-state index contributed by atoms with van der Waals surface area (Å²) in [7, 11) is 0. The summed E-state index contributed by atoms with van der Waals surface area (Å²) >= 11 is 0. The van der Waals surface area contributed by atoms with Crippen LogP contribution in [0.15, 0.2) is 54.6 Å². The van der Waals surface area contributed by atoms with Crippen molar-refractivity contribution in [3.63, 3.8) is 0 Å². The van der Waals surface area contributed by atoms with Gasteiger partial charge in [0.15, 0.2) is 0 Å². The first kappa shape index (κ1) is 22.0. The molecule has 2 aromatic carbocycles. The molecule has 1 fully saturated rings. The number of piperidine rings is 1. The van der Waals surface area contributed by atoms with Gasteiger partial charge >= 0.3 is 0 Å². The zero-order chi connectivity index (χ0) is 21.2. The van der Waals surface area contributed by atoms with Gasteiger partial charge < -0.3 is 10.6 Å². The molecule has 0 unspecified atom stereocenters. The molecule has 2 aromatic rings. The third-order valence-corrected chi connectivity index (χ3v) is 5.61. The standard InChI is InChI=1S/C25H33N3O2/c1-20-8-7-15-28(18-20)19-23-12-6-5-11-22(23)17-27-24(29)13-14-26-25(30)16-21-9-3-2-4-10-21/h2-6,9-12,20H,7-8,13-19H2,1H3,(H,26,30)(H,27,29)/t20-/m0/s1. The summed E-state index contributed by atoms with van der Waals surface area (Å²) in [6, 6.07) is 17.9. The van der Waals surface area contributed by atoms with Gasteiger partial charge in [-0.3, -0.25) is 14.5 Å². The summed E-state index contributed by atoms with van der Waals surface area (Å²) < 4.78 is 0. The lowest BCUT2D eigenvalue weighted by atomic mass is 9.99. The topological polar surface area (TPSA) is 61.4 Å². The Balaban J connectivity index is 1.39. The van der Waals surface area contributed by atoms with Gasteiger partial charge in [-0.15, -0.1) is 0 Å². The van der Waals surface area contributed by atoms with Gasteiger partial charge in [-0.05, 0) is 42.0 Å². The Kier molecular flexibility index (Phi) is 8.45. The molecule has 1 heterocycles. The van der Waals surface area contributed by atoms with E-state index < -0.39 is 0 Å². The van der Waals surface area contributed by atoms with E-state index >= 15 is 0 Å². The Morgan fingerprint density at radius 2 is 1.70 bits per heavy atom. The average Bonchev–Trinajstić information content (AvgIpc) is 2.74. The second-order valence-electron chi connectivity index (χ2n) is 8.29. The van der Waals surface area contributed by atoms with Gasteiger partial charge in [0.05, 0.1) is 6.42 Å². The Bertz CT molecular complexity index is 822. The number of likely N-dealkylation sites (tertiary alicyclic amines) is 1. The molecule has 0 spiro atoms. The van der Waals surface area contributed by atoms with Crippen molar-refractivity contribution in [2.24, 2.45) is 5.92 Å². The van der Waals surface area contributed by atoms with Crippen LogP contribution in [0.5, 0.6) is 0 Å². The van der Waals surface area contributed by atoms with Crippen LogP contribution >= 0.6 is 0 Å². The molecule has 0 aliphatic carbocycles. The predicted molar refractivity (Wildman–Crippen MR) is 120 cm³/mol. The fraction of sp³-hybridized carbons (Fsp3) is 0.440. The molecular formula is C25H33N3O2. The number of carbonyl (C=O) groups is 2. The molecule has 1 aliphatic heterocycles. The van der Waals surface area contributed by atoms with Gasteiger partial charge in [-0.2, -0.15) is 0 Å². The SMILES string of the molecule is C[C@H]1CCCN(Cc2ccccc2CNC(=O)CCNC(=O)Cc2ccccc2)C1. The highest BCUT2D eigenvalue weighted by Crippen LogP contribution is 2.19. The molecule has 0 aromatic heterocycles. The van der Waals surface area contributed by atoms with Crippen molar-refractivity contribution in [2.45, 2.75) is 45.7 Å². The van der Waals surface area contributed by atoms with Crippen LogP contribution in [0.2, 0.25) is 0 Å². The van der Waals surface area contributed by atoms with E-state index in [1.807, 2.05) is 36.4 Å². The molecule has 0 bridgehead atoms. The van der Waals surface area contributed by atoms with Crippen LogP contribution in [-0.4, -0.2) is 36.3 Å². The zero-order valence-electron chi connectivity index (χ0n) is 17.9. The first-order valence-corrected chi connectivity index (χ1v) is 11.0. The molecule has 0 radical (unpaired) electrons. The van der Waals surface area contributed by atoms with E-state index in [1.165, 1.54) is 18.4 Å². The molecule has 1 saturated heterocycles. The van der Waals surface area contributed by atoms with E-state index in [2.05, 4.69) is 40.7 Å². The minimum Gasteiger partial charge on any atom is -0.355 e. The highest BCUT2D eigenvalue weighted by Gasteiger charge is 2.17. The van der Waals surface area contributed by atoms with Gasteiger partial charge in [0, 0.05) is 32.6 Å². The maximum atomic E-state index is 12.2. The minimum atomic E-state index is -0.0601. The third kappa shape index (κ3) is 7.30. The van der Waals surface area contributed by atoms with Crippen molar-refractivity contribution in [1.82, 2.24) is 15.5 Å². The molecule has 2 N–H and O–H groups in total. The Hall–Kier alpha value is -2.66. The van der Waals surface area contributed by atoms with Crippen LogP contribution in [0.25, 0.3) is 0 Å². The predicted octanol–water partition coefficient (Wildman–Crippen LogP) is 3.28. The lowest BCUT2D eigenvalue weighted by Gasteiger charge is -2.31. The van der Waals surface area contributed by atoms with E-state index in [9.17, 15) is 9.59 Å². The van der Waals surface area contributed by atoms with Crippen molar-refractivity contribution < 1.29 is 9.59 Å². The number of nitrogens with one attached hydrogen (secondary N) is 2. The zero-order valence-corrected chi connectivity index (χ0v) is 17.9. The van der Waals surface area contributed by atoms with Crippen molar-refractivity contribution in [1.29, 1.82) is 0 Å². The summed E-state index contributed by atoms with van der Waals surface area (Å²) in [6.45, 7) is 6.42. The number of carbonyl (C=O) groups excluding carboxylic acids is 2. The first-order valence-electron chi connectivity index (χ1n) is 11.0. The molecule has 2 amide bonds. The Morgan fingerprint density at radius 1 is 0.967 bits per heavy atom. The Morgan fingerprint density at radius 3 is 2.47 bits per heavy atom. The molecule has 5 nitrogen and oxygen atoms in total. The summed E-state index contributed by atoms with van der Waals surface area (Å²) in [4.78, 5) is 26.7. The van der Waals surface area contributed by atoms with Gasteiger partial charge in [-0.1, -0.05) is 61.5 Å². The van der Waals surface area contributed by atoms with Crippen LogP contribution in [0.3, 0.4) is 0 Å². The van der Waals surface area contributed by atoms with E-state index in [4.69, 9.17) is 0 Å². The fourth-order valence-electron chi connectivity index (χ4n) is 4.00. The molecule has 3 rings (SSSR count). The van der Waals surface area contributed by atoms with E-state index in [0.29, 0.717) is 19.5 Å². The summed E-state index contributed by atoms with van der Waals surface area (Å²) in [5.41, 5.74) is 3.42. The van der Waals surface area contributed by atoms with Crippen LogP contribution < -0.4 is 10.6 Å². The fourth-order valence-corrected chi connectivity index (χ4v) is 4.00. The van der Waals surface area contributed by atoms with E-state index in [1.54, 1.807) is 0 Å². The number of nitrogens with zero attached hydrogens (tertiary/aromatic N) is 1. The van der Waals surface area contributed by atoms with Crippen LogP contribution in [-0.2, 0) is 29.1 Å². The lowest BCUT2D eigenvalue weighted by molar-refractivity contribution is -0.122. The highest BCUT2D eigenvalue weighted by atomic mass is 16.2. The summed E-state index contributed by atoms with van der Waals surface area (Å²) in [5.74, 6) is 0.647. The van der Waals surface area contributed by atoms with E-state index in [-0.39, 0.29) is 18.2 Å². The Labute approximate surface area is 179 Å². The quantitative estimate of drug-likeness (QED) is 0.671. The van der Waals surface area contributed by atoms with Gasteiger partial charge in [-0.25, -0.2) is 0 Å². The number of hydrogen-bond donors (Lipinski definition) is 2. The lowest BCUT2D eigenvalue weighted by Crippen LogP contribution is -2.34. The van der Waals surface area contributed by atoms with Crippen LogP contribution in [0, 0.1) is 5.92 Å². The molecule has 1 atom stereocenters. The number of rotatable bonds is 9. The minimum absolute atomic E-state index is 0.0450. The van der Waals surface area contributed by atoms with Crippen molar-refractivity contribution in [3.05, 3.63) is 71.3 Å².